The van der Waals surface area contributed by atoms with Crippen molar-refractivity contribution in [2.45, 2.75) is 31.7 Å². The van der Waals surface area contributed by atoms with Gasteiger partial charge in [-0.2, -0.15) is 0 Å². The van der Waals surface area contributed by atoms with E-state index in [2.05, 4.69) is 10.6 Å². The van der Waals surface area contributed by atoms with Crippen LogP contribution in [0.2, 0.25) is 5.02 Å². The standard InChI is InChI=1S/C17H16ClFN2O4S/c18-14-11-6-5-9(19)7-12(11)26-15(14)16(23)25-8-13(22)21-17(24)20-10-3-1-2-4-10/h5-7,10H,1-4,8H2,(H2,20,21,22,24). The second kappa shape index (κ2) is 8.01. The molecule has 1 aromatic heterocycles. The van der Waals surface area contributed by atoms with Gasteiger partial charge in [-0.25, -0.2) is 14.0 Å². The number of carbonyl (C=O) groups excluding carboxylic acids is 3. The molecule has 1 saturated carbocycles. The Balaban J connectivity index is 1.54. The van der Waals surface area contributed by atoms with Crippen molar-refractivity contribution in [3.63, 3.8) is 0 Å². The highest BCUT2D eigenvalue weighted by Gasteiger charge is 2.21. The molecule has 0 aliphatic heterocycles. The summed E-state index contributed by atoms with van der Waals surface area (Å²) in [5.74, 6) is -1.98. The number of urea groups is 1. The second-order valence-corrected chi connectivity index (χ2v) is 7.39. The monoisotopic (exact) mass is 398 g/mol. The largest absolute Gasteiger partial charge is 0.451 e. The van der Waals surface area contributed by atoms with Crippen LogP contribution in [0.15, 0.2) is 18.2 Å². The summed E-state index contributed by atoms with van der Waals surface area (Å²) in [6.07, 6.45) is 3.88. The minimum Gasteiger partial charge on any atom is -0.451 e. The van der Waals surface area contributed by atoms with Crippen LogP contribution in [0.25, 0.3) is 10.1 Å². The zero-order valence-electron chi connectivity index (χ0n) is 13.6. The average molecular weight is 399 g/mol. The molecule has 2 aromatic rings. The van der Waals surface area contributed by atoms with Gasteiger partial charge in [-0.05, 0) is 31.0 Å². The van der Waals surface area contributed by atoms with Gasteiger partial charge >= 0.3 is 12.0 Å². The van der Waals surface area contributed by atoms with E-state index < -0.39 is 30.3 Å². The third kappa shape index (κ3) is 4.31. The number of amides is 3. The molecule has 1 aliphatic carbocycles. The van der Waals surface area contributed by atoms with Crippen molar-refractivity contribution in [1.29, 1.82) is 0 Å². The van der Waals surface area contributed by atoms with Crippen LogP contribution in [0.4, 0.5) is 9.18 Å². The Labute approximate surface area is 157 Å². The lowest BCUT2D eigenvalue weighted by atomic mass is 10.2. The van der Waals surface area contributed by atoms with Gasteiger partial charge in [0.25, 0.3) is 5.91 Å². The molecule has 0 bridgehead atoms. The van der Waals surface area contributed by atoms with Crippen molar-refractivity contribution < 1.29 is 23.5 Å². The Morgan fingerprint density at radius 1 is 1.27 bits per heavy atom. The lowest BCUT2D eigenvalue weighted by Crippen LogP contribution is -2.44. The van der Waals surface area contributed by atoms with Gasteiger partial charge in [0.05, 0.1) is 5.02 Å². The third-order valence-electron chi connectivity index (χ3n) is 4.05. The SMILES string of the molecule is O=C(COC(=O)c1sc2cc(F)ccc2c1Cl)NC(=O)NC1CCCC1. The maximum absolute atomic E-state index is 13.3. The molecule has 2 N–H and O–H groups in total. The van der Waals surface area contributed by atoms with Gasteiger partial charge in [-0.1, -0.05) is 24.4 Å². The minimum atomic E-state index is -0.803. The number of hydrogen-bond donors (Lipinski definition) is 2. The van der Waals surface area contributed by atoms with Gasteiger partial charge in [-0.15, -0.1) is 11.3 Å². The van der Waals surface area contributed by atoms with E-state index in [1.807, 2.05) is 0 Å². The van der Waals surface area contributed by atoms with Gasteiger partial charge in [0, 0.05) is 16.1 Å². The molecule has 1 aromatic carbocycles. The summed E-state index contributed by atoms with van der Waals surface area (Å²) in [6, 6.07) is 3.45. The molecule has 0 atom stereocenters. The summed E-state index contributed by atoms with van der Waals surface area (Å²) < 4.78 is 18.7. The normalized spacial score (nSPS) is 14.4. The van der Waals surface area contributed by atoms with Crippen molar-refractivity contribution in [1.82, 2.24) is 10.6 Å². The van der Waals surface area contributed by atoms with E-state index in [1.54, 1.807) is 0 Å². The number of nitrogens with one attached hydrogen (secondary N) is 2. The maximum atomic E-state index is 13.3. The predicted octanol–water partition coefficient (Wildman–Crippen LogP) is 3.62. The van der Waals surface area contributed by atoms with E-state index in [0.29, 0.717) is 10.1 Å². The van der Waals surface area contributed by atoms with Gasteiger partial charge in [0.15, 0.2) is 6.61 Å². The predicted molar refractivity (Wildman–Crippen MR) is 96.0 cm³/mol. The summed E-state index contributed by atoms with van der Waals surface area (Å²) in [5, 5.41) is 5.49. The van der Waals surface area contributed by atoms with E-state index in [9.17, 15) is 18.8 Å². The fourth-order valence-electron chi connectivity index (χ4n) is 2.82. The van der Waals surface area contributed by atoms with Gasteiger partial charge in [0.1, 0.15) is 10.7 Å². The molecule has 3 amide bonds. The lowest BCUT2D eigenvalue weighted by Gasteiger charge is -2.12. The maximum Gasteiger partial charge on any atom is 0.350 e. The molecule has 0 spiro atoms. The number of fused-ring (bicyclic) bond motifs is 1. The molecule has 0 radical (unpaired) electrons. The topological polar surface area (TPSA) is 84.5 Å². The Bertz CT molecular complexity index is 864. The number of imide groups is 1. The first-order chi connectivity index (χ1) is 12.4. The van der Waals surface area contributed by atoms with Crippen LogP contribution in [0.5, 0.6) is 0 Å². The smallest absolute Gasteiger partial charge is 0.350 e. The highest BCUT2D eigenvalue weighted by Crippen LogP contribution is 2.36. The number of hydrogen-bond acceptors (Lipinski definition) is 5. The average Bonchev–Trinajstić information content (AvgIpc) is 3.20. The molecule has 3 rings (SSSR count). The summed E-state index contributed by atoms with van der Waals surface area (Å²) in [7, 11) is 0. The number of carbonyl (C=O) groups is 3. The highest BCUT2D eigenvalue weighted by molar-refractivity contribution is 7.21. The molecule has 26 heavy (non-hydrogen) atoms. The Morgan fingerprint density at radius 2 is 2.00 bits per heavy atom. The molecular formula is C17H16ClFN2O4S. The number of halogens is 2. The first-order valence-corrected chi connectivity index (χ1v) is 9.28. The fraction of sp³-hybridized carbons (Fsp3) is 0.353. The number of rotatable bonds is 4. The van der Waals surface area contributed by atoms with Crippen molar-refractivity contribution in [2.24, 2.45) is 0 Å². The van der Waals surface area contributed by atoms with Crippen LogP contribution in [0.1, 0.15) is 35.4 Å². The minimum absolute atomic E-state index is 0.0723. The second-order valence-electron chi connectivity index (χ2n) is 5.96. The van der Waals surface area contributed by atoms with Gasteiger partial charge < -0.3 is 10.1 Å². The van der Waals surface area contributed by atoms with Crippen molar-refractivity contribution in [3.8, 4) is 0 Å². The fourth-order valence-corrected chi connectivity index (χ4v) is 4.25. The summed E-state index contributed by atoms with van der Waals surface area (Å²) >= 11 is 7.10. The Hall–Kier alpha value is -2.19. The summed E-state index contributed by atoms with van der Waals surface area (Å²) in [6.45, 7) is -0.615. The van der Waals surface area contributed by atoms with Gasteiger partial charge in [0.2, 0.25) is 0 Å². The molecule has 1 fully saturated rings. The van der Waals surface area contributed by atoms with E-state index in [4.69, 9.17) is 16.3 Å². The number of ether oxygens (including phenoxy) is 1. The van der Waals surface area contributed by atoms with Crippen LogP contribution in [-0.4, -0.2) is 30.6 Å². The van der Waals surface area contributed by atoms with E-state index in [-0.39, 0.29) is 15.9 Å². The van der Waals surface area contributed by atoms with Crippen LogP contribution in [-0.2, 0) is 9.53 Å². The summed E-state index contributed by atoms with van der Waals surface area (Å²) in [5.41, 5.74) is 0. The molecular weight excluding hydrogens is 383 g/mol. The van der Waals surface area contributed by atoms with Crippen LogP contribution in [0.3, 0.4) is 0 Å². The van der Waals surface area contributed by atoms with Crippen LogP contribution >= 0.6 is 22.9 Å². The first kappa shape index (κ1) is 18.6. The Morgan fingerprint density at radius 3 is 2.73 bits per heavy atom. The van der Waals surface area contributed by atoms with Gasteiger partial charge in [-0.3, -0.25) is 10.1 Å². The number of benzene rings is 1. The third-order valence-corrected chi connectivity index (χ3v) is 5.69. The van der Waals surface area contributed by atoms with Crippen molar-refractivity contribution in [2.75, 3.05) is 6.61 Å². The lowest BCUT2D eigenvalue weighted by molar-refractivity contribution is -0.123. The molecule has 1 aliphatic rings. The summed E-state index contributed by atoms with van der Waals surface area (Å²) in [4.78, 5) is 35.6. The van der Waals surface area contributed by atoms with Crippen LogP contribution in [0, 0.1) is 5.82 Å². The molecule has 6 nitrogen and oxygen atoms in total. The number of esters is 1. The molecule has 0 unspecified atom stereocenters. The van der Waals surface area contributed by atoms with Crippen molar-refractivity contribution in [3.05, 3.63) is 33.9 Å². The quantitative estimate of drug-likeness (QED) is 0.770. The van der Waals surface area contributed by atoms with E-state index in [1.165, 1.54) is 18.2 Å². The highest BCUT2D eigenvalue weighted by atomic mass is 35.5. The molecule has 138 valence electrons. The first-order valence-electron chi connectivity index (χ1n) is 8.09. The Kier molecular flexibility index (Phi) is 5.73. The molecule has 1 heterocycles. The van der Waals surface area contributed by atoms with E-state index in [0.717, 1.165) is 37.0 Å². The van der Waals surface area contributed by atoms with Crippen LogP contribution < -0.4 is 10.6 Å². The molecule has 0 saturated heterocycles. The van der Waals surface area contributed by atoms with Crippen molar-refractivity contribution >= 4 is 50.9 Å². The zero-order chi connectivity index (χ0) is 18.7. The van der Waals surface area contributed by atoms with E-state index >= 15 is 0 Å². The zero-order valence-corrected chi connectivity index (χ0v) is 15.2. The molecule has 9 heteroatoms. The number of thiophene rings is 1.